The van der Waals surface area contributed by atoms with Crippen LogP contribution in [-0.2, 0) is 17.0 Å². The standard InChI is InChI=1S/C24H36OP2/c1-16-11-10-12-17(15-27(8)9)22(16)26-20-14-18(23(2,3)4)13-19(21(20)25)24(5,6)7/h10-14,25-26H,15H2,1-9H3. The van der Waals surface area contributed by atoms with Crippen LogP contribution in [0.1, 0.15) is 63.8 Å². The first-order chi connectivity index (χ1) is 12.3. The van der Waals surface area contributed by atoms with Gasteiger partial charge in [0.15, 0.2) is 0 Å². The van der Waals surface area contributed by atoms with Crippen LogP contribution in [0.2, 0.25) is 0 Å². The van der Waals surface area contributed by atoms with Gasteiger partial charge < -0.3 is 5.11 Å². The third-order valence-electron chi connectivity index (χ3n) is 4.89. The van der Waals surface area contributed by atoms with Gasteiger partial charge in [0.1, 0.15) is 5.75 Å². The molecule has 1 unspecified atom stereocenters. The van der Waals surface area contributed by atoms with E-state index in [1.165, 1.54) is 22.0 Å². The Hall–Kier alpha value is -0.900. The monoisotopic (exact) mass is 402 g/mol. The molecular weight excluding hydrogens is 366 g/mol. The molecular formula is C24H36OP2. The average molecular weight is 402 g/mol. The normalized spacial score (nSPS) is 13.1. The SMILES string of the molecule is Cc1cccc(CP(C)C)c1Pc1cc(C(C)(C)C)cc(C(C)(C)C)c1O. The van der Waals surface area contributed by atoms with Gasteiger partial charge >= 0.3 is 0 Å². The second-order valence-electron chi connectivity index (χ2n) is 9.89. The molecule has 1 N–H and O–H groups in total. The van der Waals surface area contributed by atoms with Gasteiger partial charge in [0.2, 0.25) is 0 Å². The summed E-state index contributed by atoms with van der Waals surface area (Å²) in [6, 6.07) is 11.1. The predicted octanol–water partition coefficient (Wildman–Crippen LogP) is 6.17. The van der Waals surface area contributed by atoms with E-state index in [-0.39, 0.29) is 18.8 Å². The van der Waals surface area contributed by atoms with Gasteiger partial charge in [-0.15, -0.1) is 7.92 Å². The fourth-order valence-electron chi connectivity index (χ4n) is 3.25. The van der Waals surface area contributed by atoms with Gasteiger partial charge in [0, 0.05) is 10.9 Å². The predicted molar refractivity (Wildman–Crippen MR) is 127 cm³/mol. The highest BCUT2D eigenvalue weighted by Gasteiger charge is 2.25. The van der Waals surface area contributed by atoms with Crippen LogP contribution in [0.3, 0.4) is 0 Å². The van der Waals surface area contributed by atoms with Gasteiger partial charge in [-0.05, 0) is 65.3 Å². The molecule has 3 heteroatoms. The summed E-state index contributed by atoms with van der Waals surface area (Å²) in [4.78, 5) is 0. The Kier molecular flexibility index (Phi) is 6.82. The summed E-state index contributed by atoms with van der Waals surface area (Å²) in [6.07, 6.45) is 1.14. The molecule has 2 aromatic rings. The van der Waals surface area contributed by atoms with Gasteiger partial charge in [0.25, 0.3) is 0 Å². The molecule has 0 bridgehead atoms. The van der Waals surface area contributed by atoms with Crippen molar-refractivity contribution in [3.8, 4) is 5.75 Å². The maximum Gasteiger partial charge on any atom is 0.127 e. The molecule has 0 saturated heterocycles. The molecule has 0 heterocycles. The van der Waals surface area contributed by atoms with Crippen molar-refractivity contribution < 1.29 is 5.11 Å². The molecule has 0 aliphatic heterocycles. The Morgan fingerprint density at radius 1 is 0.963 bits per heavy atom. The molecule has 0 aliphatic rings. The Labute approximate surface area is 169 Å². The lowest BCUT2D eigenvalue weighted by Gasteiger charge is -2.28. The lowest BCUT2D eigenvalue weighted by atomic mass is 9.80. The van der Waals surface area contributed by atoms with E-state index in [4.69, 9.17) is 0 Å². The summed E-state index contributed by atoms with van der Waals surface area (Å²) in [5.41, 5.74) is 5.11. The third kappa shape index (κ3) is 5.56. The van der Waals surface area contributed by atoms with Crippen molar-refractivity contribution >= 4 is 27.1 Å². The highest BCUT2D eigenvalue weighted by molar-refractivity contribution is 7.57. The maximum absolute atomic E-state index is 11.2. The third-order valence-corrected chi connectivity index (χ3v) is 7.48. The molecule has 0 spiro atoms. The van der Waals surface area contributed by atoms with Gasteiger partial charge in [-0.3, -0.25) is 0 Å². The lowest BCUT2D eigenvalue weighted by molar-refractivity contribution is 0.449. The number of benzene rings is 2. The largest absolute Gasteiger partial charge is 0.507 e. The van der Waals surface area contributed by atoms with Crippen molar-refractivity contribution in [3.63, 3.8) is 0 Å². The minimum atomic E-state index is -0.0830. The topological polar surface area (TPSA) is 20.2 Å². The molecule has 0 radical (unpaired) electrons. The van der Waals surface area contributed by atoms with Crippen LogP contribution in [0.25, 0.3) is 0 Å². The molecule has 2 aromatic carbocycles. The molecule has 2 rings (SSSR count). The van der Waals surface area contributed by atoms with Crippen LogP contribution < -0.4 is 10.6 Å². The van der Waals surface area contributed by atoms with E-state index in [2.05, 4.69) is 92.1 Å². The van der Waals surface area contributed by atoms with Gasteiger partial charge in [0.05, 0.1) is 0 Å². The Balaban J connectivity index is 2.63. The second kappa shape index (κ2) is 8.23. The number of rotatable bonds is 4. The van der Waals surface area contributed by atoms with Crippen molar-refractivity contribution in [2.24, 2.45) is 0 Å². The Morgan fingerprint density at radius 2 is 1.59 bits per heavy atom. The van der Waals surface area contributed by atoms with E-state index in [0.29, 0.717) is 14.3 Å². The van der Waals surface area contributed by atoms with Crippen LogP contribution in [0.15, 0.2) is 30.3 Å². The van der Waals surface area contributed by atoms with Crippen molar-refractivity contribution in [1.29, 1.82) is 0 Å². The van der Waals surface area contributed by atoms with Crippen molar-refractivity contribution in [1.82, 2.24) is 0 Å². The second-order valence-corrected chi connectivity index (χ2v) is 13.7. The lowest BCUT2D eigenvalue weighted by Crippen LogP contribution is -2.21. The van der Waals surface area contributed by atoms with E-state index in [1.54, 1.807) is 0 Å². The van der Waals surface area contributed by atoms with Crippen LogP contribution >= 0.6 is 16.5 Å². The van der Waals surface area contributed by atoms with Crippen LogP contribution in [-0.4, -0.2) is 18.4 Å². The number of hydrogen-bond acceptors (Lipinski definition) is 1. The van der Waals surface area contributed by atoms with Crippen LogP contribution in [0.5, 0.6) is 5.75 Å². The van der Waals surface area contributed by atoms with Gasteiger partial charge in [-0.25, -0.2) is 0 Å². The minimum Gasteiger partial charge on any atom is -0.507 e. The first-order valence-electron chi connectivity index (χ1n) is 9.69. The zero-order valence-corrected chi connectivity index (χ0v) is 20.4. The van der Waals surface area contributed by atoms with Gasteiger partial charge in [-0.2, -0.15) is 0 Å². The smallest absolute Gasteiger partial charge is 0.127 e. The number of phenolic OH excluding ortho intramolecular Hbond substituents is 1. The number of aromatic hydroxyl groups is 1. The summed E-state index contributed by atoms with van der Waals surface area (Å²) in [5, 5.41) is 13.6. The summed E-state index contributed by atoms with van der Waals surface area (Å²) >= 11 is 0. The molecule has 0 aromatic heterocycles. The molecule has 1 nitrogen and oxygen atoms in total. The van der Waals surface area contributed by atoms with E-state index in [0.717, 1.165) is 17.0 Å². The molecule has 0 amide bonds. The molecule has 0 saturated carbocycles. The fraction of sp³-hybridized carbons (Fsp3) is 0.500. The van der Waals surface area contributed by atoms with Crippen molar-refractivity contribution in [2.75, 3.05) is 13.3 Å². The van der Waals surface area contributed by atoms with E-state index >= 15 is 0 Å². The highest BCUT2D eigenvalue weighted by Crippen LogP contribution is 2.38. The first kappa shape index (κ1) is 22.4. The summed E-state index contributed by atoms with van der Waals surface area (Å²) < 4.78 is 0. The van der Waals surface area contributed by atoms with E-state index in [1.807, 2.05) is 0 Å². The molecule has 27 heavy (non-hydrogen) atoms. The minimum absolute atomic E-state index is 0.00484. The Bertz CT molecular complexity index is 808. The van der Waals surface area contributed by atoms with Crippen LogP contribution in [0, 0.1) is 6.92 Å². The zero-order valence-electron chi connectivity index (χ0n) is 18.5. The molecule has 148 valence electrons. The van der Waals surface area contributed by atoms with E-state index < -0.39 is 0 Å². The Morgan fingerprint density at radius 3 is 2.11 bits per heavy atom. The number of aryl methyl sites for hydroxylation is 1. The molecule has 0 fully saturated rings. The summed E-state index contributed by atoms with van der Waals surface area (Å²) in [6.45, 7) is 20.2. The highest BCUT2D eigenvalue weighted by atomic mass is 31.1. The quantitative estimate of drug-likeness (QED) is 0.607. The van der Waals surface area contributed by atoms with Crippen LogP contribution in [0.4, 0.5) is 0 Å². The first-order valence-corrected chi connectivity index (χ1v) is 13.1. The average Bonchev–Trinajstić information content (AvgIpc) is 2.49. The van der Waals surface area contributed by atoms with Crippen molar-refractivity contribution in [3.05, 3.63) is 52.6 Å². The molecule has 0 aliphatic carbocycles. The molecule has 1 atom stereocenters. The summed E-state index contributed by atoms with van der Waals surface area (Å²) in [5.74, 6) is 0.485. The maximum atomic E-state index is 11.2. The number of hydrogen-bond donors (Lipinski definition) is 1. The van der Waals surface area contributed by atoms with Gasteiger partial charge in [-0.1, -0.05) is 74.4 Å². The fourth-order valence-corrected chi connectivity index (χ4v) is 5.71. The zero-order chi connectivity index (χ0) is 20.6. The van der Waals surface area contributed by atoms with E-state index in [9.17, 15) is 5.11 Å². The van der Waals surface area contributed by atoms with Crippen molar-refractivity contribution in [2.45, 2.75) is 65.5 Å². The summed E-state index contributed by atoms with van der Waals surface area (Å²) in [7, 11) is 0.489. The number of phenols is 1.